The van der Waals surface area contributed by atoms with Gasteiger partial charge in [0.1, 0.15) is 11.9 Å². The normalized spacial score (nSPS) is 19.6. The lowest BCUT2D eigenvalue weighted by Crippen LogP contribution is -2.60. The van der Waals surface area contributed by atoms with E-state index in [1.54, 1.807) is 4.90 Å². The Kier molecular flexibility index (Phi) is 6.56. The second-order valence-corrected chi connectivity index (χ2v) is 8.47. The lowest BCUT2D eigenvalue weighted by Gasteiger charge is -2.41. The SMILES string of the molecule is CCc1ccccc1OC1CN(C(=O)CC2C(=O)NCCN2Cc2ccc(C)cc2)C1. The first-order valence-electron chi connectivity index (χ1n) is 11.1. The average Bonchev–Trinajstić information content (AvgIpc) is 2.74. The molecule has 164 valence electrons. The summed E-state index contributed by atoms with van der Waals surface area (Å²) in [5.74, 6) is 0.856. The molecule has 2 amide bonds. The van der Waals surface area contributed by atoms with E-state index in [1.165, 1.54) is 11.1 Å². The van der Waals surface area contributed by atoms with Gasteiger partial charge >= 0.3 is 0 Å². The van der Waals surface area contributed by atoms with Gasteiger partial charge in [0.2, 0.25) is 11.8 Å². The van der Waals surface area contributed by atoms with E-state index in [0.717, 1.165) is 24.3 Å². The summed E-state index contributed by atoms with van der Waals surface area (Å²) >= 11 is 0. The molecular weight excluding hydrogens is 390 g/mol. The van der Waals surface area contributed by atoms with Crippen molar-refractivity contribution in [3.05, 3.63) is 65.2 Å². The highest BCUT2D eigenvalue weighted by Crippen LogP contribution is 2.24. The number of amides is 2. The van der Waals surface area contributed by atoms with Crippen molar-refractivity contribution in [2.45, 2.75) is 45.4 Å². The van der Waals surface area contributed by atoms with Gasteiger partial charge in [-0.05, 0) is 30.5 Å². The number of hydrogen-bond acceptors (Lipinski definition) is 4. The van der Waals surface area contributed by atoms with E-state index < -0.39 is 6.04 Å². The Balaban J connectivity index is 1.32. The molecule has 2 aromatic carbocycles. The zero-order valence-corrected chi connectivity index (χ0v) is 18.3. The first kappa shape index (κ1) is 21.4. The Morgan fingerprint density at radius 2 is 1.87 bits per heavy atom. The molecule has 2 aliphatic rings. The van der Waals surface area contributed by atoms with Gasteiger partial charge in [-0.2, -0.15) is 0 Å². The topological polar surface area (TPSA) is 61.9 Å². The van der Waals surface area contributed by atoms with Crippen molar-refractivity contribution in [3.63, 3.8) is 0 Å². The highest BCUT2D eigenvalue weighted by Gasteiger charge is 2.37. The molecular formula is C25H31N3O3. The molecule has 4 rings (SSSR count). The Hall–Kier alpha value is -2.86. The molecule has 2 heterocycles. The number of carbonyl (C=O) groups is 2. The molecule has 6 nitrogen and oxygen atoms in total. The number of benzene rings is 2. The fourth-order valence-electron chi connectivity index (χ4n) is 4.20. The predicted molar refractivity (Wildman–Crippen MR) is 120 cm³/mol. The van der Waals surface area contributed by atoms with Crippen LogP contribution in [0.5, 0.6) is 5.75 Å². The summed E-state index contributed by atoms with van der Waals surface area (Å²) in [7, 11) is 0. The third kappa shape index (κ3) is 5.07. The first-order chi connectivity index (χ1) is 15.0. The van der Waals surface area contributed by atoms with Crippen LogP contribution >= 0.6 is 0 Å². The molecule has 2 fully saturated rings. The van der Waals surface area contributed by atoms with Gasteiger partial charge in [0.05, 0.1) is 25.6 Å². The maximum atomic E-state index is 12.9. The van der Waals surface area contributed by atoms with E-state index in [9.17, 15) is 9.59 Å². The van der Waals surface area contributed by atoms with Crippen molar-refractivity contribution in [1.29, 1.82) is 0 Å². The maximum Gasteiger partial charge on any atom is 0.237 e. The van der Waals surface area contributed by atoms with E-state index in [1.807, 2.05) is 18.2 Å². The van der Waals surface area contributed by atoms with E-state index in [0.29, 0.717) is 26.2 Å². The summed E-state index contributed by atoms with van der Waals surface area (Å²) in [5, 5.41) is 2.92. The molecule has 2 aliphatic heterocycles. The van der Waals surface area contributed by atoms with Crippen LogP contribution in [0.3, 0.4) is 0 Å². The average molecular weight is 422 g/mol. The first-order valence-corrected chi connectivity index (χ1v) is 11.1. The summed E-state index contributed by atoms with van der Waals surface area (Å²) < 4.78 is 6.09. The number of para-hydroxylation sites is 1. The Labute approximate surface area is 184 Å². The molecule has 2 saturated heterocycles. The highest BCUT2D eigenvalue weighted by atomic mass is 16.5. The largest absolute Gasteiger partial charge is 0.486 e. The van der Waals surface area contributed by atoms with Crippen LogP contribution in [0.15, 0.2) is 48.5 Å². The van der Waals surface area contributed by atoms with Crippen LogP contribution in [0.4, 0.5) is 0 Å². The number of carbonyl (C=O) groups excluding carboxylic acids is 2. The van der Waals surface area contributed by atoms with Crippen LogP contribution in [0.25, 0.3) is 0 Å². The summed E-state index contributed by atoms with van der Waals surface area (Å²) in [6.45, 7) is 7.35. The summed E-state index contributed by atoms with van der Waals surface area (Å²) in [5.41, 5.74) is 3.55. The fourth-order valence-corrected chi connectivity index (χ4v) is 4.20. The van der Waals surface area contributed by atoms with Crippen LogP contribution in [0, 0.1) is 6.92 Å². The van der Waals surface area contributed by atoms with E-state index >= 15 is 0 Å². The minimum absolute atomic E-state index is 0.0135. The van der Waals surface area contributed by atoms with Crippen LogP contribution in [0.2, 0.25) is 0 Å². The number of likely N-dealkylation sites (tertiary alicyclic amines) is 1. The van der Waals surface area contributed by atoms with Gasteiger partial charge in [0, 0.05) is 19.6 Å². The van der Waals surface area contributed by atoms with Gasteiger partial charge in [-0.25, -0.2) is 0 Å². The van der Waals surface area contributed by atoms with Crippen LogP contribution in [-0.2, 0) is 22.6 Å². The van der Waals surface area contributed by atoms with Crippen molar-refractivity contribution in [3.8, 4) is 5.75 Å². The smallest absolute Gasteiger partial charge is 0.237 e. The van der Waals surface area contributed by atoms with Gasteiger partial charge in [0.25, 0.3) is 0 Å². The highest BCUT2D eigenvalue weighted by molar-refractivity contribution is 5.89. The number of nitrogens with one attached hydrogen (secondary N) is 1. The fraction of sp³-hybridized carbons (Fsp3) is 0.440. The molecule has 2 aromatic rings. The maximum absolute atomic E-state index is 12.9. The van der Waals surface area contributed by atoms with Crippen molar-refractivity contribution < 1.29 is 14.3 Å². The molecule has 6 heteroatoms. The lowest BCUT2D eigenvalue weighted by molar-refractivity contribution is -0.145. The molecule has 0 bridgehead atoms. The Bertz CT molecular complexity index is 922. The van der Waals surface area contributed by atoms with Gasteiger partial charge in [0.15, 0.2) is 0 Å². The van der Waals surface area contributed by atoms with Crippen LogP contribution < -0.4 is 10.1 Å². The number of piperazine rings is 1. The zero-order chi connectivity index (χ0) is 21.8. The molecule has 0 aromatic heterocycles. The van der Waals surface area contributed by atoms with E-state index in [4.69, 9.17) is 4.74 Å². The van der Waals surface area contributed by atoms with Gasteiger partial charge < -0.3 is 15.0 Å². The zero-order valence-electron chi connectivity index (χ0n) is 18.3. The quantitative estimate of drug-likeness (QED) is 0.746. The van der Waals surface area contributed by atoms with Crippen LogP contribution in [0.1, 0.15) is 30.0 Å². The van der Waals surface area contributed by atoms with Crippen LogP contribution in [-0.4, -0.2) is 59.9 Å². The Morgan fingerprint density at radius 1 is 1.13 bits per heavy atom. The van der Waals surface area contributed by atoms with Gasteiger partial charge in [-0.1, -0.05) is 55.0 Å². The second kappa shape index (κ2) is 9.52. The minimum atomic E-state index is -0.427. The molecule has 31 heavy (non-hydrogen) atoms. The monoisotopic (exact) mass is 421 g/mol. The number of aryl methyl sites for hydroxylation is 2. The standard InChI is InChI=1S/C25H31N3O3/c1-3-20-6-4-5-7-23(20)31-21-16-28(17-21)24(29)14-22-25(30)26-12-13-27(22)15-19-10-8-18(2)9-11-19/h4-11,21-22H,3,12-17H2,1-2H3,(H,26,30). The molecule has 1 N–H and O–H groups in total. The third-order valence-electron chi connectivity index (χ3n) is 6.16. The second-order valence-electron chi connectivity index (χ2n) is 8.47. The molecule has 1 unspecified atom stereocenters. The van der Waals surface area contributed by atoms with Crippen molar-refractivity contribution >= 4 is 11.8 Å². The van der Waals surface area contributed by atoms with Crippen molar-refractivity contribution in [2.24, 2.45) is 0 Å². The minimum Gasteiger partial charge on any atom is -0.486 e. The van der Waals surface area contributed by atoms with Crippen molar-refractivity contribution in [2.75, 3.05) is 26.2 Å². The predicted octanol–water partition coefficient (Wildman–Crippen LogP) is 2.54. The lowest BCUT2D eigenvalue weighted by atomic mass is 10.0. The summed E-state index contributed by atoms with van der Waals surface area (Å²) in [4.78, 5) is 29.3. The molecule has 0 saturated carbocycles. The molecule has 1 atom stereocenters. The number of hydrogen-bond donors (Lipinski definition) is 1. The number of ether oxygens (including phenoxy) is 1. The number of nitrogens with zero attached hydrogens (tertiary/aromatic N) is 2. The Morgan fingerprint density at radius 3 is 2.61 bits per heavy atom. The van der Waals surface area contributed by atoms with E-state index in [-0.39, 0.29) is 24.3 Å². The van der Waals surface area contributed by atoms with Gasteiger partial charge in [-0.15, -0.1) is 0 Å². The van der Waals surface area contributed by atoms with Gasteiger partial charge in [-0.3, -0.25) is 14.5 Å². The third-order valence-corrected chi connectivity index (χ3v) is 6.16. The molecule has 0 aliphatic carbocycles. The number of rotatable bonds is 7. The summed E-state index contributed by atoms with van der Waals surface area (Å²) in [6, 6.07) is 16.0. The van der Waals surface area contributed by atoms with E-state index in [2.05, 4.69) is 54.4 Å². The molecule has 0 radical (unpaired) electrons. The van der Waals surface area contributed by atoms with Crippen molar-refractivity contribution in [1.82, 2.24) is 15.1 Å². The molecule has 0 spiro atoms. The summed E-state index contributed by atoms with van der Waals surface area (Å²) in [6.07, 6.45) is 1.13.